The van der Waals surface area contributed by atoms with E-state index in [9.17, 15) is 8.42 Å². The Hall–Kier alpha value is -0.950. The number of rotatable bonds is 8. The molecule has 1 aromatic carbocycles. The number of hydrogen-bond donors (Lipinski definition) is 0. The van der Waals surface area contributed by atoms with Crippen LogP contribution in [0, 0.1) is 0 Å². The van der Waals surface area contributed by atoms with Crippen molar-refractivity contribution >= 4 is 10.0 Å². The highest BCUT2D eigenvalue weighted by Crippen LogP contribution is 2.39. The van der Waals surface area contributed by atoms with E-state index in [1.54, 1.807) is 0 Å². The molecule has 0 aliphatic carbocycles. The highest BCUT2D eigenvalue weighted by molar-refractivity contribution is 7.89. The van der Waals surface area contributed by atoms with Crippen molar-refractivity contribution in [2.75, 3.05) is 13.2 Å². The lowest BCUT2D eigenvalue weighted by atomic mass is 9.89. The standard InChI is InChI=1S/C22H37NO4S/c1-9-18-13-27-22(26-10-2)23(18)28(24,25)21-19(15(5)6)11-17(14(3)4)12-20(21)16(7)8/h11-12,14-16,18,22H,9-10,13H2,1-8H3/t18-,22+/m1/s1. The van der Waals surface area contributed by atoms with Crippen molar-refractivity contribution < 1.29 is 17.9 Å². The van der Waals surface area contributed by atoms with E-state index in [4.69, 9.17) is 9.47 Å². The van der Waals surface area contributed by atoms with Crippen LogP contribution in [0.1, 0.15) is 96.3 Å². The summed E-state index contributed by atoms with van der Waals surface area (Å²) in [7, 11) is -3.78. The second-order valence-corrected chi connectivity index (χ2v) is 10.3. The van der Waals surface area contributed by atoms with Crippen molar-refractivity contribution in [1.29, 1.82) is 0 Å². The molecule has 1 aliphatic heterocycles. The average molecular weight is 412 g/mol. The lowest BCUT2D eigenvalue weighted by Gasteiger charge is -2.30. The Bertz CT molecular complexity index is 742. The summed E-state index contributed by atoms with van der Waals surface area (Å²) in [5.74, 6) is 0.520. The van der Waals surface area contributed by atoms with E-state index in [0.29, 0.717) is 30.4 Å². The zero-order valence-electron chi connectivity index (χ0n) is 18.7. The molecule has 1 aliphatic rings. The Morgan fingerprint density at radius 2 is 1.57 bits per heavy atom. The van der Waals surface area contributed by atoms with Crippen molar-refractivity contribution in [3.63, 3.8) is 0 Å². The summed E-state index contributed by atoms with van der Waals surface area (Å²) in [4.78, 5) is 0.440. The molecule has 28 heavy (non-hydrogen) atoms. The molecule has 0 N–H and O–H groups in total. The summed E-state index contributed by atoms with van der Waals surface area (Å²) in [6, 6.07) is 3.93. The minimum Gasteiger partial charge on any atom is -0.339 e. The maximum absolute atomic E-state index is 14.0. The van der Waals surface area contributed by atoms with E-state index in [-0.39, 0.29) is 17.9 Å². The van der Waals surface area contributed by atoms with Crippen LogP contribution in [0.2, 0.25) is 0 Å². The van der Waals surface area contributed by atoms with Gasteiger partial charge < -0.3 is 9.47 Å². The van der Waals surface area contributed by atoms with Gasteiger partial charge in [0.15, 0.2) is 0 Å². The second-order valence-electron chi connectivity index (χ2n) is 8.49. The zero-order valence-corrected chi connectivity index (χ0v) is 19.5. The Morgan fingerprint density at radius 1 is 1.04 bits per heavy atom. The fourth-order valence-electron chi connectivity index (χ4n) is 3.68. The van der Waals surface area contributed by atoms with Crippen molar-refractivity contribution in [1.82, 2.24) is 4.31 Å². The quantitative estimate of drug-likeness (QED) is 0.592. The van der Waals surface area contributed by atoms with Gasteiger partial charge in [-0.05, 0) is 47.8 Å². The molecule has 0 spiro atoms. The van der Waals surface area contributed by atoms with Crippen LogP contribution >= 0.6 is 0 Å². The van der Waals surface area contributed by atoms with Crippen molar-refractivity contribution in [3.05, 3.63) is 28.8 Å². The number of nitrogens with zero attached hydrogens (tertiary/aromatic N) is 1. The summed E-state index contributed by atoms with van der Waals surface area (Å²) in [5, 5.41) is 0. The van der Waals surface area contributed by atoms with Gasteiger partial charge in [-0.2, -0.15) is 0 Å². The van der Waals surface area contributed by atoms with Gasteiger partial charge >= 0.3 is 0 Å². The molecule has 1 saturated heterocycles. The molecule has 160 valence electrons. The van der Waals surface area contributed by atoms with E-state index in [2.05, 4.69) is 53.7 Å². The fraction of sp³-hybridized carbons (Fsp3) is 0.727. The first-order valence-corrected chi connectivity index (χ1v) is 11.9. The summed E-state index contributed by atoms with van der Waals surface area (Å²) >= 11 is 0. The minimum absolute atomic E-state index is 0.0927. The van der Waals surface area contributed by atoms with E-state index in [0.717, 1.165) is 11.1 Å². The maximum Gasteiger partial charge on any atom is 0.248 e. The van der Waals surface area contributed by atoms with E-state index >= 15 is 0 Å². The zero-order chi connectivity index (χ0) is 21.2. The molecule has 0 aromatic heterocycles. The van der Waals surface area contributed by atoms with Gasteiger partial charge in [0.05, 0.1) is 17.5 Å². The molecule has 1 heterocycles. The third-order valence-electron chi connectivity index (χ3n) is 5.39. The minimum atomic E-state index is -3.78. The van der Waals surface area contributed by atoms with E-state index < -0.39 is 16.4 Å². The summed E-state index contributed by atoms with van der Waals surface area (Å²) in [6.45, 7) is 17.1. The molecule has 0 radical (unpaired) electrons. The molecule has 5 nitrogen and oxygen atoms in total. The van der Waals surface area contributed by atoms with Gasteiger partial charge in [0.1, 0.15) is 0 Å². The molecule has 2 rings (SSSR count). The molecule has 1 aromatic rings. The second kappa shape index (κ2) is 9.24. The molecule has 6 heteroatoms. The molecule has 0 bridgehead atoms. The van der Waals surface area contributed by atoms with Gasteiger partial charge in [0.25, 0.3) is 0 Å². The SMILES string of the molecule is CCO[C@H]1OC[C@@H](CC)N1S(=O)(=O)c1c(C(C)C)cc(C(C)C)cc1C(C)C. The topological polar surface area (TPSA) is 55.8 Å². The fourth-order valence-corrected chi connectivity index (χ4v) is 6.02. The van der Waals surface area contributed by atoms with E-state index in [1.165, 1.54) is 9.87 Å². The third kappa shape index (κ3) is 4.45. The highest BCUT2D eigenvalue weighted by Gasteiger charge is 2.45. The highest BCUT2D eigenvalue weighted by atomic mass is 32.2. The number of sulfonamides is 1. The largest absolute Gasteiger partial charge is 0.339 e. The lowest BCUT2D eigenvalue weighted by Crippen LogP contribution is -2.43. The first kappa shape index (κ1) is 23.3. The summed E-state index contributed by atoms with van der Waals surface area (Å²) in [6.07, 6.45) is -0.175. The molecule has 2 atom stereocenters. The van der Waals surface area contributed by atoms with Crippen molar-refractivity contribution in [2.45, 2.75) is 96.9 Å². The first-order valence-electron chi connectivity index (χ1n) is 10.5. The molecule has 0 saturated carbocycles. The summed E-state index contributed by atoms with van der Waals surface area (Å²) < 4.78 is 40.8. The summed E-state index contributed by atoms with van der Waals surface area (Å²) in [5.41, 5.74) is 2.94. The maximum atomic E-state index is 14.0. The Kier molecular flexibility index (Phi) is 7.70. The van der Waals surface area contributed by atoms with Crippen molar-refractivity contribution in [2.24, 2.45) is 0 Å². The molecule has 1 fully saturated rings. The van der Waals surface area contributed by atoms with E-state index in [1.807, 2.05) is 13.8 Å². The number of hydrogen-bond acceptors (Lipinski definition) is 4. The molecular weight excluding hydrogens is 374 g/mol. The number of ether oxygens (including phenoxy) is 2. The average Bonchev–Trinajstić information content (AvgIpc) is 3.04. The molecular formula is C22H37NO4S. The molecule has 0 unspecified atom stereocenters. The Labute approximate surface area is 171 Å². The van der Waals surface area contributed by atoms with Gasteiger partial charge in [0.2, 0.25) is 16.4 Å². The van der Waals surface area contributed by atoms with Crippen LogP contribution in [0.15, 0.2) is 17.0 Å². The van der Waals surface area contributed by atoms with Gasteiger partial charge in [0, 0.05) is 6.61 Å². The Balaban J connectivity index is 2.75. The van der Waals surface area contributed by atoms with Crippen LogP contribution in [0.3, 0.4) is 0 Å². The predicted molar refractivity (Wildman–Crippen MR) is 113 cm³/mol. The first-order chi connectivity index (χ1) is 13.1. The van der Waals surface area contributed by atoms with Gasteiger partial charge in [-0.15, -0.1) is 4.31 Å². The van der Waals surface area contributed by atoms with Crippen LogP contribution in [0.25, 0.3) is 0 Å². The van der Waals surface area contributed by atoms with Crippen LogP contribution < -0.4 is 0 Å². The van der Waals surface area contributed by atoms with Gasteiger partial charge in [-0.3, -0.25) is 0 Å². The smallest absolute Gasteiger partial charge is 0.248 e. The number of benzene rings is 1. The Morgan fingerprint density at radius 3 is 1.96 bits per heavy atom. The third-order valence-corrected chi connectivity index (χ3v) is 7.41. The van der Waals surface area contributed by atoms with Gasteiger partial charge in [-0.1, -0.05) is 60.6 Å². The normalized spacial score (nSPS) is 21.4. The lowest BCUT2D eigenvalue weighted by molar-refractivity contribution is -0.149. The van der Waals surface area contributed by atoms with Gasteiger partial charge in [-0.25, -0.2) is 8.42 Å². The van der Waals surface area contributed by atoms with Crippen LogP contribution in [-0.4, -0.2) is 38.4 Å². The predicted octanol–water partition coefficient (Wildman–Crippen LogP) is 5.18. The van der Waals surface area contributed by atoms with Crippen LogP contribution in [0.5, 0.6) is 0 Å². The van der Waals surface area contributed by atoms with Crippen LogP contribution in [-0.2, 0) is 19.5 Å². The monoisotopic (exact) mass is 411 g/mol. The van der Waals surface area contributed by atoms with Crippen LogP contribution in [0.4, 0.5) is 0 Å². The van der Waals surface area contributed by atoms with Crippen molar-refractivity contribution in [3.8, 4) is 0 Å². The molecule has 0 amide bonds.